The molecule has 4 heteroatoms. The first-order valence-electron chi connectivity index (χ1n) is 6.06. The zero-order chi connectivity index (χ0) is 13.2. The first-order chi connectivity index (χ1) is 7.79. The Balaban J connectivity index is 2.92. The maximum absolute atomic E-state index is 12.2. The van der Waals surface area contributed by atoms with Gasteiger partial charge in [0.15, 0.2) is 0 Å². The Hall–Kier alpha value is -0.480. The number of rotatable bonds is 4. The van der Waals surface area contributed by atoms with Crippen LogP contribution in [0.1, 0.15) is 27.2 Å². The van der Waals surface area contributed by atoms with Crippen LogP contribution in [0.3, 0.4) is 0 Å². The van der Waals surface area contributed by atoms with Crippen molar-refractivity contribution >= 4 is 18.5 Å². The molecule has 1 rings (SSSR count). The molecule has 0 aromatic carbocycles. The highest BCUT2D eigenvalue weighted by molar-refractivity contribution is 7.80. The molecule has 0 radical (unpaired) electrons. The molecule has 1 aliphatic rings. The lowest BCUT2D eigenvalue weighted by Crippen LogP contribution is -2.40. The van der Waals surface area contributed by atoms with E-state index in [1.54, 1.807) is 0 Å². The summed E-state index contributed by atoms with van der Waals surface area (Å²) in [5, 5.41) is 0. The summed E-state index contributed by atoms with van der Waals surface area (Å²) in [6.45, 7) is 7.73. The smallest absolute Gasteiger partial charge is 0.240 e. The molecule has 0 unspecified atom stereocenters. The first kappa shape index (κ1) is 14.6. The van der Waals surface area contributed by atoms with Gasteiger partial charge in [-0.05, 0) is 27.4 Å². The summed E-state index contributed by atoms with van der Waals surface area (Å²) < 4.78 is 0. The van der Waals surface area contributed by atoms with Crippen molar-refractivity contribution in [2.24, 2.45) is 5.41 Å². The normalized spacial score (nSPS) is 17.2. The predicted octanol–water partition coefficient (Wildman–Crippen LogP) is 2.01. The largest absolute Gasteiger partial charge is 0.314 e. The second kappa shape index (κ2) is 5.44. The molecular formula is C13H24N2OS. The molecule has 1 amide bonds. The maximum Gasteiger partial charge on any atom is 0.240 e. The van der Waals surface area contributed by atoms with Gasteiger partial charge in [0, 0.05) is 23.4 Å². The third-order valence-electron chi connectivity index (χ3n) is 3.17. The van der Waals surface area contributed by atoms with E-state index >= 15 is 0 Å². The summed E-state index contributed by atoms with van der Waals surface area (Å²) in [5.74, 6) is 0.947. The van der Waals surface area contributed by atoms with Crippen molar-refractivity contribution in [3.05, 3.63) is 11.3 Å². The molecular weight excluding hydrogens is 232 g/mol. The van der Waals surface area contributed by atoms with Gasteiger partial charge in [0.2, 0.25) is 5.91 Å². The van der Waals surface area contributed by atoms with Crippen molar-refractivity contribution in [2.75, 3.05) is 32.9 Å². The molecule has 3 nitrogen and oxygen atoms in total. The number of hydrogen-bond acceptors (Lipinski definition) is 3. The maximum atomic E-state index is 12.2. The molecule has 0 aromatic rings. The molecule has 98 valence electrons. The zero-order valence-corrected chi connectivity index (χ0v) is 12.5. The standard InChI is InChI=1S/C13H24N2OS/c1-10-6-7-15(11(16)8-14(4)5)12(10)13(2,3)9-17/h17H,6-9H2,1-5H3. The number of thiol groups is 1. The summed E-state index contributed by atoms with van der Waals surface area (Å²) in [4.78, 5) is 16.1. The second-order valence-corrected chi connectivity index (χ2v) is 6.02. The molecule has 0 saturated heterocycles. The van der Waals surface area contributed by atoms with Gasteiger partial charge in [0.05, 0.1) is 6.54 Å². The Morgan fingerprint density at radius 3 is 2.53 bits per heavy atom. The summed E-state index contributed by atoms with van der Waals surface area (Å²) in [6.07, 6.45) is 0.992. The van der Waals surface area contributed by atoms with Crippen LogP contribution in [0.25, 0.3) is 0 Å². The van der Waals surface area contributed by atoms with E-state index in [-0.39, 0.29) is 11.3 Å². The molecule has 0 atom stereocenters. The van der Waals surface area contributed by atoms with Gasteiger partial charge in [-0.2, -0.15) is 12.6 Å². The van der Waals surface area contributed by atoms with E-state index in [0.717, 1.165) is 18.7 Å². The van der Waals surface area contributed by atoms with E-state index in [9.17, 15) is 4.79 Å². The lowest BCUT2D eigenvalue weighted by atomic mass is 9.89. The third kappa shape index (κ3) is 3.26. The van der Waals surface area contributed by atoms with Crippen LogP contribution in [0.4, 0.5) is 0 Å². The Kier molecular flexibility index (Phi) is 4.67. The molecule has 1 aliphatic heterocycles. The Bertz CT molecular complexity index is 334. The summed E-state index contributed by atoms with van der Waals surface area (Å²) in [5.41, 5.74) is 2.47. The van der Waals surface area contributed by atoms with Crippen molar-refractivity contribution in [3.8, 4) is 0 Å². The number of likely N-dealkylation sites (N-methyl/N-ethyl adjacent to an activating group) is 1. The van der Waals surface area contributed by atoms with Crippen molar-refractivity contribution in [1.29, 1.82) is 0 Å². The number of amides is 1. The van der Waals surface area contributed by atoms with E-state index in [0.29, 0.717) is 6.54 Å². The highest BCUT2D eigenvalue weighted by Gasteiger charge is 2.35. The molecule has 0 spiro atoms. The number of allylic oxidation sites excluding steroid dienone is 1. The highest BCUT2D eigenvalue weighted by Crippen LogP contribution is 2.37. The van der Waals surface area contributed by atoms with E-state index in [2.05, 4.69) is 33.4 Å². The van der Waals surface area contributed by atoms with Gasteiger partial charge in [0.1, 0.15) is 0 Å². The Morgan fingerprint density at radius 2 is 2.06 bits per heavy atom. The van der Waals surface area contributed by atoms with Gasteiger partial charge < -0.3 is 9.80 Å². The Morgan fingerprint density at radius 1 is 1.47 bits per heavy atom. The lowest BCUT2D eigenvalue weighted by molar-refractivity contribution is -0.130. The number of hydrogen-bond donors (Lipinski definition) is 1. The highest BCUT2D eigenvalue weighted by atomic mass is 32.1. The second-order valence-electron chi connectivity index (χ2n) is 5.70. The number of nitrogens with zero attached hydrogens (tertiary/aromatic N) is 2. The average molecular weight is 256 g/mol. The third-order valence-corrected chi connectivity index (χ3v) is 3.96. The van der Waals surface area contributed by atoms with Crippen LogP contribution in [0.2, 0.25) is 0 Å². The van der Waals surface area contributed by atoms with Gasteiger partial charge in [0.25, 0.3) is 0 Å². The summed E-state index contributed by atoms with van der Waals surface area (Å²) in [7, 11) is 3.85. The summed E-state index contributed by atoms with van der Waals surface area (Å²) >= 11 is 4.41. The van der Waals surface area contributed by atoms with Crippen LogP contribution in [0, 0.1) is 5.41 Å². The number of carbonyl (C=O) groups excluding carboxylic acids is 1. The molecule has 1 heterocycles. The molecule has 17 heavy (non-hydrogen) atoms. The topological polar surface area (TPSA) is 23.6 Å². The van der Waals surface area contributed by atoms with E-state index < -0.39 is 0 Å². The van der Waals surface area contributed by atoms with Crippen LogP contribution < -0.4 is 0 Å². The van der Waals surface area contributed by atoms with Gasteiger partial charge in [-0.25, -0.2) is 0 Å². The van der Waals surface area contributed by atoms with Crippen LogP contribution in [-0.2, 0) is 4.79 Å². The summed E-state index contributed by atoms with van der Waals surface area (Å²) in [6, 6.07) is 0. The molecule has 0 fully saturated rings. The SMILES string of the molecule is CC1=C(C(C)(C)CS)N(C(=O)CN(C)C)CC1. The minimum atomic E-state index is -0.0360. The van der Waals surface area contributed by atoms with Crippen molar-refractivity contribution in [2.45, 2.75) is 27.2 Å². The number of carbonyl (C=O) groups is 1. The van der Waals surface area contributed by atoms with Crippen LogP contribution >= 0.6 is 12.6 Å². The minimum absolute atomic E-state index is 0.0360. The predicted molar refractivity (Wildman–Crippen MR) is 75.2 cm³/mol. The quantitative estimate of drug-likeness (QED) is 0.778. The Labute approximate surface area is 110 Å². The molecule has 0 bridgehead atoms. The van der Waals surface area contributed by atoms with Crippen LogP contribution in [-0.4, -0.2) is 48.6 Å². The zero-order valence-electron chi connectivity index (χ0n) is 11.6. The van der Waals surface area contributed by atoms with Crippen molar-refractivity contribution in [3.63, 3.8) is 0 Å². The van der Waals surface area contributed by atoms with E-state index in [4.69, 9.17) is 0 Å². The minimum Gasteiger partial charge on any atom is -0.314 e. The fraction of sp³-hybridized carbons (Fsp3) is 0.769. The van der Waals surface area contributed by atoms with Crippen molar-refractivity contribution in [1.82, 2.24) is 9.80 Å². The fourth-order valence-corrected chi connectivity index (χ4v) is 2.51. The lowest BCUT2D eigenvalue weighted by Gasteiger charge is -2.33. The molecule has 0 aliphatic carbocycles. The fourth-order valence-electron chi connectivity index (χ4n) is 2.36. The molecule has 0 saturated carbocycles. The van der Waals surface area contributed by atoms with E-state index in [1.807, 2.05) is 23.9 Å². The first-order valence-corrected chi connectivity index (χ1v) is 6.69. The van der Waals surface area contributed by atoms with Crippen molar-refractivity contribution < 1.29 is 4.79 Å². The van der Waals surface area contributed by atoms with E-state index in [1.165, 1.54) is 11.3 Å². The van der Waals surface area contributed by atoms with Crippen LogP contribution in [0.5, 0.6) is 0 Å². The van der Waals surface area contributed by atoms with Gasteiger partial charge >= 0.3 is 0 Å². The van der Waals surface area contributed by atoms with Gasteiger partial charge in [-0.15, -0.1) is 0 Å². The monoisotopic (exact) mass is 256 g/mol. The van der Waals surface area contributed by atoms with Gasteiger partial charge in [-0.3, -0.25) is 4.79 Å². The van der Waals surface area contributed by atoms with Crippen LogP contribution in [0.15, 0.2) is 11.3 Å². The average Bonchev–Trinajstić information content (AvgIpc) is 2.60. The van der Waals surface area contributed by atoms with Gasteiger partial charge in [-0.1, -0.05) is 19.4 Å². The molecule has 0 N–H and O–H groups in total. The molecule has 0 aromatic heterocycles.